The van der Waals surface area contributed by atoms with E-state index in [0.717, 1.165) is 18.3 Å². The number of alkyl halides is 3. The van der Waals surface area contributed by atoms with Crippen LogP contribution in [0.25, 0.3) is 5.69 Å². The van der Waals surface area contributed by atoms with Gasteiger partial charge in [0.1, 0.15) is 11.5 Å². The number of nitrogens with zero attached hydrogens (tertiary/aromatic N) is 3. The minimum atomic E-state index is -4.84. The molecule has 2 amide bonds. The van der Waals surface area contributed by atoms with E-state index in [9.17, 15) is 22.4 Å². The molecule has 2 aromatic carbocycles. The third-order valence-electron chi connectivity index (χ3n) is 3.59. The van der Waals surface area contributed by atoms with E-state index in [1.54, 1.807) is 0 Å². The van der Waals surface area contributed by atoms with Crippen LogP contribution in [0.1, 0.15) is 5.69 Å². The molecule has 1 heterocycles. The van der Waals surface area contributed by atoms with Gasteiger partial charge >= 0.3 is 12.2 Å². The lowest BCUT2D eigenvalue weighted by Crippen LogP contribution is -2.28. The van der Waals surface area contributed by atoms with Gasteiger partial charge in [-0.25, -0.2) is 18.2 Å². The molecule has 28 heavy (non-hydrogen) atoms. The molecule has 0 radical (unpaired) electrons. The van der Waals surface area contributed by atoms with E-state index in [0.29, 0.717) is 14.0 Å². The van der Waals surface area contributed by atoms with Crippen molar-refractivity contribution >= 4 is 41.8 Å². The zero-order valence-electron chi connectivity index (χ0n) is 13.8. The molecule has 11 heteroatoms. The van der Waals surface area contributed by atoms with Gasteiger partial charge in [0, 0.05) is 10.7 Å². The fraction of sp³-hybridized carbons (Fsp3) is 0.0588. The van der Waals surface area contributed by atoms with Crippen molar-refractivity contribution in [1.29, 1.82) is 0 Å². The Morgan fingerprint density at radius 2 is 1.86 bits per heavy atom. The Bertz CT molecular complexity index is 1010. The Morgan fingerprint density at radius 1 is 1.18 bits per heavy atom. The lowest BCUT2D eigenvalue weighted by molar-refractivity contribution is -0.142. The average molecular weight is 431 g/mol. The van der Waals surface area contributed by atoms with Crippen molar-refractivity contribution in [1.82, 2.24) is 9.78 Å². The topological polar surface area (TPSA) is 50.2 Å². The van der Waals surface area contributed by atoms with Crippen LogP contribution in [0, 0.1) is 5.82 Å². The van der Waals surface area contributed by atoms with Crippen LogP contribution in [0.3, 0.4) is 0 Å². The Balaban J connectivity index is 1.96. The minimum Gasteiger partial charge on any atom is -0.307 e. The maximum Gasteiger partial charge on any atom is 0.435 e. The van der Waals surface area contributed by atoms with Crippen molar-refractivity contribution in [2.75, 3.05) is 9.62 Å². The smallest absolute Gasteiger partial charge is 0.307 e. The van der Waals surface area contributed by atoms with E-state index < -0.39 is 29.4 Å². The zero-order valence-corrected chi connectivity index (χ0v) is 15.4. The molecule has 3 rings (SSSR count). The fourth-order valence-corrected chi connectivity index (χ4v) is 2.71. The summed E-state index contributed by atoms with van der Waals surface area (Å²) in [6.07, 6.45) is -3.98. The Labute approximate surface area is 167 Å². The first kappa shape index (κ1) is 20.0. The third kappa shape index (κ3) is 4.23. The van der Waals surface area contributed by atoms with Gasteiger partial charge in [0.05, 0.1) is 11.9 Å². The maximum absolute atomic E-state index is 13.7. The molecule has 0 unspecified atom stereocenters. The molecule has 5 nitrogen and oxygen atoms in total. The van der Waals surface area contributed by atoms with Crippen LogP contribution in [0.5, 0.6) is 0 Å². The van der Waals surface area contributed by atoms with Crippen molar-refractivity contribution in [3.63, 3.8) is 0 Å². The highest BCUT2D eigenvalue weighted by atomic mass is 35.5. The first-order chi connectivity index (χ1) is 13.2. The van der Waals surface area contributed by atoms with E-state index in [-0.39, 0.29) is 11.4 Å². The summed E-state index contributed by atoms with van der Waals surface area (Å²) in [5.74, 6) is -0.616. The van der Waals surface area contributed by atoms with Crippen LogP contribution >= 0.6 is 24.4 Å². The quantitative estimate of drug-likeness (QED) is 0.422. The molecule has 1 aromatic heterocycles. The number of benzene rings is 2. The molecule has 3 aromatic rings. The van der Waals surface area contributed by atoms with E-state index in [4.69, 9.17) is 11.6 Å². The molecule has 0 bridgehead atoms. The highest BCUT2D eigenvalue weighted by Gasteiger charge is 2.41. The Morgan fingerprint density at radius 3 is 2.46 bits per heavy atom. The predicted octanol–water partition coefficient (Wildman–Crippen LogP) is 5.57. The average Bonchev–Trinajstić information content (AvgIpc) is 3.07. The molecule has 0 saturated heterocycles. The number of nitrogens with one attached hydrogen (secondary N) is 1. The monoisotopic (exact) mass is 430 g/mol. The second kappa shape index (κ2) is 7.72. The number of amides is 2. The summed E-state index contributed by atoms with van der Waals surface area (Å²) in [5, 5.41) is 6.34. The third-order valence-corrected chi connectivity index (χ3v) is 4.24. The van der Waals surface area contributed by atoms with Crippen molar-refractivity contribution < 1.29 is 22.4 Å². The number of anilines is 2. The van der Waals surface area contributed by atoms with Crippen molar-refractivity contribution in [2.45, 2.75) is 6.18 Å². The SMILES string of the molecule is O=C(Nc1cccc(F)c1)N(S)c1cnn(-c2ccc(Cl)cc2)c1C(F)(F)F. The number of hydrogen-bond acceptors (Lipinski definition) is 3. The number of carbonyl (C=O) groups excluding carboxylic acids is 1. The highest BCUT2D eigenvalue weighted by molar-refractivity contribution is 7.82. The van der Waals surface area contributed by atoms with Crippen LogP contribution in [-0.4, -0.2) is 15.8 Å². The molecule has 0 aliphatic heterocycles. The Kier molecular flexibility index (Phi) is 5.52. The van der Waals surface area contributed by atoms with Gasteiger partial charge in [-0.2, -0.15) is 18.3 Å². The molecular formula is C17H11ClF4N4OS. The Hall–Kier alpha value is -2.72. The number of aromatic nitrogens is 2. The summed E-state index contributed by atoms with van der Waals surface area (Å²) in [5.41, 5.74) is -1.66. The van der Waals surface area contributed by atoms with Crippen LogP contribution < -0.4 is 9.62 Å². The molecule has 0 fully saturated rings. The first-order valence-corrected chi connectivity index (χ1v) is 8.41. The summed E-state index contributed by atoms with van der Waals surface area (Å²) in [7, 11) is 0. The van der Waals surface area contributed by atoms with Crippen molar-refractivity contribution in [2.24, 2.45) is 0 Å². The van der Waals surface area contributed by atoms with Gasteiger partial charge in [-0.15, -0.1) is 0 Å². The number of thiol groups is 1. The van der Waals surface area contributed by atoms with Crippen LogP contribution in [0.2, 0.25) is 5.02 Å². The molecule has 0 atom stereocenters. The largest absolute Gasteiger partial charge is 0.435 e. The van der Waals surface area contributed by atoms with E-state index in [2.05, 4.69) is 23.2 Å². The number of hydrogen-bond donors (Lipinski definition) is 2. The van der Waals surface area contributed by atoms with Gasteiger partial charge in [0.25, 0.3) is 0 Å². The fourth-order valence-electron chi connectivity index (χ4n) is 2.39. The second-order valence-electron chi connectivity index (χ2n) is 5.52. The first-order valence-electron chi connectivity index (χ1n) is 7.63. The second-order valence-corrected chi connectivity index (χ2v) is 6.35. The molecule has 146 valence electrons. The van der Waals surface area contributed by atoms with E-state index in [1.807, 2.05) is 0 Å². The molecule has 0 aliphatic rings. The number of halogens is 5. The number of rotatable bonds is 3. The minimum absolute atomic E-state index is 0.0581. The lowest BCUT2D eigenvalue weighted by Gasteiger charge is -2.19. The van der Waals surface area contributed by atoms with Crippen LogP contribution in [0.15, 0.2) is 54.7 Å². The van der Waals surface area contributed by atoms with Crippen molar-refractivity contribution in [3.8, 4) is 5.69 Å². The molecule has 1 N–H and O–H groups in total. The summed E-state index contributed by atoms with van der Waals surface area (Å²) in [6.45, 7) is 0. The predicted molar refractivity (Wildman–Crippen MR) is 100 cm³/mol. The standard InChI is InChI=1S/C17H11ClF4N4OS/c18-10-4-6-13(7-5-10)25-15(17(20,21)22)14(9-23-25)26(28)16(27)24-12-3-1-2-11(19)8-12/h1-9,28H,(H,24,27). The summed E-state index contributed by atoms with van der Waals surface area (Å²) >= 11 is 9.63. The van der Waals surface area contributed by atoms with Crippen molar-refractivity contribution in [3.05, 3.63) is 71.3 Å². The summed E-state index contributed by atoms with van der Waals surface area (Å²) in [6, 6.07) is 9.40. The number of urea groups is 1. The summed E-state index contributed by atoms with van der Waals surface area (Å²) in [4.78, 5) is 12.3. The van der Waals surface area contributed by atoms with Crippen LogP contribution in [0.4, 0.5) is 33.7 Å². The molecule has 0 spiro atoms. The molecule has 0 aliphatic carbocycles. The van der Waals surface area contributed by atoms with Gasteiger partial charge in [0.15, 0.2) is 5.69 Å². The molecule has 0 saturated carbocycles. The van der Waals surface area contributed by atoms with Gasteiger partial charge in [-0.05, 0) is 42.5 Å². The number of carbonyl (C=O) groups is 1. The van der Waals surface area contributed by atoms with E-state index >= 15 is 0 Å². The van der Waals surface area contributed by atoms with Gasteiger partial charge in [-0.3, -0.25) is 0 Å². The van der Waals surface area contributed by atoms with Gasteiger partial charge in [-0.1, -0.05) is 30.5 Å². The molecular weight excluding hydrogens is 420 g/mol. The van der Waals surface area contributed by atoms with Gasteiger partial charge < -0.3 is 5.32 Å². The van der Waals surface area contributed by atoms with E-state index in [1.165, 1.54) is 36.4 Å². The van der Waals surface area contributed by atoms with Gasteiger partial charge in [0.2, 0.25) is 0 Å². The van der Waals surface area contributed by atoms with Crippen LogP contribution in [-0.2, 0) is 6.18 Å². The maximum atomic E-state index is 13.7. The highest BCUT2D eigenvalue weighted by Crippen LogP contribution is 2.39. The summed E-state index contributed by atoms with van der Waals surface area (Å²) < 4.78 is 55.4. The zero-order chi connectivity index (χ0) is 20.5. The normalized spacial score (nSPS) is 11.4. The lowest BCUT2D eigenvalue weighted by atomic mass is 10.3.